The van der Waals surface area contributed by atoms with E-state index in [9.17, 15) is 13.2 Å². The fourth-order valence-corrected chi connectivity index (χ4v) is 4.49. The minimum Gasteiger partial charge on any atom is -0.350 e. The van der Waals surface area contributed by atoms with Gasteiger partial charge in [0.05, 0.1) is 4.90 Å². The Morgan fingerprint density at radius 1 is 1.20 bits per heavy atom. The van der Waals surface area contributed by atoms with Crippen LogP contribution in [0.2, 0.25) is 0 Å². The van der Waals surface area contributed by atoms with Crippen LogP contribution >= 0.6 is 12.4 Å². The Kier molecular flexibility index (Phi) is 6.85. The molecule has 3 rings (SSSR count). The highest BCUT2D eigenvalue weighted by molar-refractivity contribution is 7.89. The minimum atomic E-state index is -3.59. The van der Waals surface area contributed by atoms with Crippen LogP contribution in [0, 0.1) is 5.92 Å². The maximum Gasteiger partial charge on any atom is 0.251 e. The summed E-state index contributed by atoms with van der Waals surface area (Å²) in [6, 6.07) is 6.14. The molecule has 25 heavy (non-hydrogen) atoms. The summed E-state index contributed by atoms with van der Waals surface area (Å²) in [5.74, 6) is 0.219. The van der Waals surface area contributed by atoms with Gasteiger partial charge in [0, 0.05) is 24.2 Å². The van der Waals surface area contributed by atoms with E-state index in [2.05, 4.69) is 10.0 Å². The molecule has 0 saturated heterocycles. The second-order valence-electron chi connectivity index (χ2n) is 6.84. The molecule has 2 saturated carbocycles. The number of carbonyl (C=O) groups is 1. The lowest BCUT2D eigenvalue weighted by Gasteiger charge is -2.14. The van der Waals surface area contributed by atoms with Crippen LogP contribution in [0.5, 0.6) is 0 Å². The van der Waals surface area contributed by atoms with Gasteiger partial charge in [0.15, 0.2) is 0 Å². The third kappa shape index (κ3) is 5.41. The zero-order chi connectivity index (χ0) is 17.2. The quantitative estimate of drug-likeness (QED) is 0.663. The van der Waals surface area contributed by atoms with Gasteiger partial charge in [0.25, 0.3) is 5.91 Å². The van der Waals surface area contributed by atoms with Crippen LogP contribution in [0.1, 0.15) is 48.9 Å². The third-order valence-corrected chi connectivity index (χ3v) is 6.33. The monoisotopic (exact) mass is 387 g/mol. The first-order valence-corrected chi connectivity index (χ1v) is 10.1. The van der Waals surface area contributed by atoms with Crippen molar-refractivity contribution in [3.8, 4) is 0 Å². The van der Waals surface area contributed by atoms with Crippen molar-refractivity contribution in [2.45, 2.75) is 55.5 Å². The van der Waals surface area contributed by atoms with Crippen LogP contribution in [-0.2, 0) is 10.0 Å². The molecule has 0 spiro atoms. The van der Waals surface area contributed by atoms with Crippen molar-refractivity contribution >= 4 is 28.3 Å². The summed E-state index contributed by atoms with van der Waals surface area (Å²) in [5, 5.41) is 2.79. The Labute approximate surface area is 155 Å². The van der Waals surface area contributed by atoms with Crippen LogP contribution in [0.3, 0.4) is 0 Å². The van der Waals surface area contributed by atoms with Crippen molar-refractivity contribution in [2.24, 2.45) is 11.7 Å². The lowest BCUT2D eigenvalue weighted by Crippen LogP contribution is -2.38. The van der Waals surface area contributed by atoms with Gasteiger partial charge in [-0.15, -0.1) is 12.4 Å². The molecule has 0 bridgehead atoms. The van der Waals surface area contributed by atoms with Crippen LogP contribution in [0.4, 0.5) is 0 Å². The minimum absolute atomic E-state index is 0. The number of rotatable bonds is 7. The molecule has 2 aliphatic rings. The first kappa shape index (κ1) is 20.2. The van der Waals surface area contributed by atoms with E-state index >= 15 is 0 Å². The summed E-state index contributed by atoms with van der Waals surface area (Å²) in [4.78, 5) is 12.4. The summed E-state index contributed by atoms with van der Waals surface area (Å²) < 4.78 is 27.7. The molecule has 0 heterocycles. The summed E-state index contributed by atoms with van der Waals surface area (Å²) >= 11 is 0. The second-order valence-corrected chi connectivity index (χ2v) is 8.56. The van der Waals surface area contributed by atoms with Gasteiger partial charge in [0.1, 0.15) is 0 Å². The molecule has 2 aliphatic carbocycles. The lowest BCUT2D eigenvalue weighted by molar-refractivity contribution is 0.0950. The fourth-order valence-electron chi connectivity index (χ4n) is 3.14. The van der Waals surface area contributed by atoms with Gasteiger partial charge in [-0.25, -0.2) is 13.1 Å². The molecule has 0 radical (unpaired) electrons. The molecular weight excluding hydrogens is 362 g/mol. The highest BCUT2D eigenvalue weighted by Crippen LogP contribution is 2.31. The van der Waals surface area contributed by atoms with Gasteiger partial charge >= 0.3 is 0 Å². The van der Waals surface area contributed by atoms with Crippen LogP contribution in [0.15, 0.2) is 29.2 Å². The Balaban J connectivity index is 0.00000225. The number of carbonyl (C=O) groups excluding carboxylic acids is 1. The van der Waals surface area contributed by atoms with Gasteiger partial charge in [-0.2, -0.15) is 0 Å². The van der Waals surface area contributed by atoms with Crippen LogP contribution < -0.4 is 15.8 Å². The molecule has 4 N–H and O–H groups in total. The smallest absolute Gasteiger partial charge is 0.251 e. The van der Waals surface area contributed by atoms with E-state index in [0.717, 1.165) is 38.5 Å². The molecule has 140 valence electrons. The number of nitrogens with one attached hydrogen (secondary N) is 2. The van der Waals surface area contributed by atoms with Crippen LogP contribution in [0.25, 0.3) is 0 Å². The molecule has 1 unspecified atom stereocenters. The molecule has 0 aromatic heterocycles. The molecule has 8 heteroatoms. The zero-order valence-electron chi connectivity index (χ0n) is 14.1. The number of halogens is 1. The molecule has 1 aromatic carbocycles. The Hall–Kier alpha value is -1.15. The molecule has 0 aliphatic heterocycles. The lowest BCUT2D eigenvalue weighted by atomic mass is 10.2. The fraction of sp³-hybridized carbons (Fsp3) is 0.588. The van der Waals surface area contributed by atoms with Gasteiger partial charge < -0.3 is 11.1 Å². The first-order valence-electron chi connectivity index (χ1n) is 8.62. The number of amides is 1. The number of nitrogens with two attached hydrogens (primary N) is 1. The molecular formula is C17H26ClN3O3S. The Morgan fingerprint density at radius 2 is 1.88 bits per heavy atom. The number of sulfonamides is 1. The van der Waals surface area contributed by atoms with Crippen molar-refractivity contribution in [1.29, 1.82) is 0 Å². The SMILES string of the molecule is Cl.NC(CNC(=O)c1cccc(S(=O)(=O)NC2CCCC2)c1)C1CC1. The normalized spacial score (nSPS) is 19.2. The van der Waals surface area contributed by atoms with E-state index in [1.165, 1.54) is 12.1 Å². The van der Waals surface area contributed by atoms with Crippen molar-refractivity contribution in [3.05, 3.63) is 29.8 Å². The molecule has 1 atom stereocenters. The van der Waals surface area contributed by atoms with E-state index in [0.29, 0.717) is 18.0 Å². The van der Waals surface area contributed by atoms with Crippen molar-refractivity contribution in [1.82, 2.24) is 10.0 Å². The van der Waals surface area contributed by atoms with Gasteiger partial charge in [-0.3, -0.25) is 4.79 Å². The maximum absolute atomic E-state index is 12.5. The van der Waals surface area contributed by atoms with E-state index in [1.54, 1.807) is 12.1 Å². The molecule has 1 amide bonds. The topological polar surface area (TPSA) is 101 Å². The first-order chi connectivity index (χ1) is 11.5. The standard InChI is InChI=1S/C17H25N3O3S.ClH/c18-16(12-8-9-12)11-19-17(21)13-4-3-7-15(10-13)24(22,23)20-14-5-1-2-6-14;/h3-4,7,10,12,14,16,20H,1-2,5-6,8-9,11,18H2,(H,19,21);1H. The maximum atomic E-state index is 12.5. The zero-order valence-corrected chi connectivity index (χ0v) is 15.7. The molecule has 1 aromatic rings. The molecule has 6 nitrogen and oxygen atoms in total. The van der Waals surface area contributed by atoms with Crippen molar-refractivity contribution < 1.29 is 13.2 Å². The highest BCUT2D eigenvalue weighted by atomic mass is 35.5. The Morgan fingerprint density at radius 3 is 2.52 bits per heavy atom. The highest BCUT2D eigenvalue weighted by Gasteiger charge is 2.28. The van der Waals surface area contributed by atoms with Crippen molar-refractivity contribution in [3.63, 3.8) is 0 Å². The second kappa shape index (κ2) is 8.49. The summed E-state index contributed by atoms with van der Waals surface area (Å²) in [6.45, 7) is 0.417. The van der Waals surface area contributed by atoms with E-state index in [1.807, 2.05) is 0 Å². The molecule has 2 fully saturated rings. The van der Waals surface area contributed by atoms with E-state index < -0.39 is 10.0 Å². The predicted octanol–water partition coefficient (Wildman–Crippen LogP) is 1.80. The predicted molar refractivity (Wildman–Crippen MR) is 99.3 cm³/mol. The Bertz CT molecular complexity index is 701. The van der Waals surface area contributed by atoms with Gasteiger partial charge in [-0.1, -0.05) is 18.9 Å². The van der Waals surface area contributed by atoms with E-state index in [4.69, 9.17) is 5.73 Å². The van der Waals surface area contributed by atoms with Crippen LogP contribution in [-0.4, -0.2) is 33.0 Å². The summed E-state index contributed by atoms with van der Waals surface area (Å²) in [6.07, 6.45) is 6.10. The van der Waals surface area contributed by atoms with Crippen molar-refractivity contribution in [2.75, 3.05) is 6.54 Å². The third-order valence-electron chi connectivity index (χ3n) is 4.81. The summed E-state index contributed by atoms with van der Waals surface area (Å²) in [7, 11) is -3.59. The average molecular weight is 388 g/mol. The van der Waals surface area contributed by atoms with E-state index in [-0.39, 0.29) is 35.3 Å². The average Bonchev–Trinajstić information content (AvgIpc) is 3.31. The summed E-state index contributed by atoms with van der Waals surface area (Å²) in [5.41, 5.74) is 6.32. The number of hydrogen-bond donors (Lipinski definition) is 3. The van der Waals surface area contributed by atoms with Gasteiger partial charge in [-0.05, 0) is 49.8 Å². The largest absolute Gasteiger partial charge is 0.350 e. The van der Waals surface area contributed by atoms with Gasteiger partial charge in [0.2, 0.25) is 10.0 Å². The number of benzene rings is 1. The number of hydrogen-bond acceptors (Lipinski definition) is 4.